The fraction of sp³-hybridized carbons (Fsp3) is 0.714. The van der Waals surface area contributed by atoms with Crippen LogP contribution in [0.25, 0.3) is 0 Å². The molecule has 0 bridgehead atoms. The number of rotatable bonds is 15. The molecule has 0 radical (unpaired) electrons. The summed E-state index contributed by atoms with van der Waals surface area (Å²) in [5.74, 6) is 2.88. The molecule has 0 aromatic heterocycles. The van der Waals surface area contributed by atoms with E-state index >= 15 is 0 Å². The van der Waals surface area contributed by atoms with Crippen molar-refractivity contribution in [3.63, 3.8) is 0 Å². The number of hydrogen-bond donors (Lipinski definition) is 0. The minimum Gasteiger partial charge on any atom is -0.494 e. The zero-order valence-corrected chi connectivity index (χ0v) is 19.3. The highest BCUT2D eigenvalue weighted by molar-refractivity contribution is 5.27. The van der Waals surface area contributed by atoms with Crippen LogP contribution in [0.5, 0.6) is 5.75 Å². The highest BCUT2D eigenvalue weighted by Gasteiger charge is 2.18. The van der Waals surface area contributed by atoms with Gasteiger partial charge in [0.2, 0.25) is 0 Å². The molecular weight excluding hydrogens is 352 g/mol. The predicted octanol–water partition coefficient (Wildman–Crippen LogP) is 8.91. The van der Waals surface area contributed by atoms with Gasteiger partial charge in [-0.05, 0) is 74.5 Å². The van der Waals surface area contributed by atoms with Gasteiger partial charge in [0, 0.05) is 0 Å². The van der Waals surface area contributed by atoms with Crippen LogP contribution >= 0.6 is 0 Å². The van der Waals surface area contributed by atoms with Crippen LogP contribution in [0.3, 0.4) is 0 Å². The summed E-state index contributed by atoms with van der Waals surface area (Å²) in [5, 5.41) is 0. The third-order valence-corrected chi connectivity index (χ3v) is 6.56. The SMILES string of the molecule is CCCCCCCOc1ccc(CC/C=C/[C@H]2CC[C@H](CCCCC)CC2)cc1. The molecule has 164 valence electrons. The molecule has 0 atom stereocenters. The highest BCUT2D eigenvalue weighted by Crippen LogP contribution is 2.32. The van der Waals surface area contributed by atoms with E-state index in [2.05, 4.69) is 50.3 Å². The summed E-state index contributed by atoms with van der Waals surface area (Å²) in [7, 11) is 0. The second-order valence-electron chi connectivity index (χ2n) is 9.15. The van der Waals surface area contributed by atoms with E-state index in [-0.39, 0.29) is 0 Å². The normalized spacial score (nSPS) is 19.7. The summed E-state index contributed by atoms with van der Waals surface area (Å²) in [6.45, 7) is 5.42. The predicted molar refractivity (Wildman–Crippen MR) is 128 cm³/mol. The fourth-order valence-corrected chi connectivity index (χ4v) is 4.54. The molecule has 0 amide bonds. The van der Waals surface area contributed by atoms with Crippen LogP contribution in [-0.2, 0) is 6.42 Å². The minimum absolute atomic E-state index is 0.838. The van der Waals surface area contributed by atoms with Crippen molar-refractivity contribution in [2.45, 2.75) is 110 Å². The Balaban J connectivity index is 1.55. The number of hydrogen-bond acceptors (Lipinski definition) is 1. The van der Waals surface area contributed by atoms with E-state index in [0.717, 1.165) is 37.0 Å². The standard InChI is InChI=1S/C28H46O/c1-3-5-7-8-12-24-29-28-22-20-27(21-23-28)15-11-10-14-26-18-16-25(17-19-26)13-9-6-4-2/h10,14,20-23,25-26H,3-9,11-13,15-19,24H2,1-2H3/b14-10+/t25-,26-. The molecule has 1 aliphatic rings. The van der Waals surface area contributed by atoms with Crippen LogP contribution in [0.4, 0.5) is 0 Å². The van der Waals surface area contributed by atoms with E-state index < -0.39 is 0 Å². The van der Waals surface area contributed by atoms with Gasteiger partial charge in [0.15, 0.2) is 0 Å². The Morgan fingerprint density at radius 3 is 2.24 bits per heavy atom. The van der Waals surface area contributed by atoms with Crippen molar-refractivity contribution < 1.29 is 4.74 Å². The van der Waals surface area contributed by atoms with Crippen molar-refractivity contribution in [1.29, 1.82) is 0 Å². The van der Waals surface area contributed by atoms with Crippen molar-refractivity contribution in [3.05, 3.63) is 42.0 Å². The molecule has 1 nitrogen and oxygen atoms in total. The Labute approximate surface area is 181 Å². The van der Waals surface area contributed by atoms with Gasteiger partial charge in [-0.3, -0.25) is 0 Å². The largest absolute Gasteiger partial charge is 0.494 e. The Bertz CT molecular complexity index is 522. The molecule has 1 heteroatoms. The first-order chi connectivity index (χ1) is 14.3. The number of unbranched alkanes of at least 4 members (excludes halogenated alkanes) is 6. The third kappa shape index (κ3) is 10.9. The van der Waals surface area contributed by atoms with Crippen LogP contribution in [0.2, 0.25) is 0 Å². The van der Waals surface area contributed by atoms with Crippen LogP contribution in [0, 0.1) is 11.8 Å². The van der Waals surface area contributed by atoms with Gasteiger partial charge in [-0.2, -0.15) is 0 Å². The third-order valence-electron chi connectivity index (χ3n) is 6.56. The van der Waals surface area contributed by atoms with Crippen molar-refractivity contribution in [2.24, 2.45) is 11.8 Å². The molecule has 0 heterocycles. The first-order valence-electron chi connectivity index (χ1n) is 12.7. The van der Waals surface area contributed by atoms with Crippen molar-refractivity contribution in [3.8, 4) is 5.75 Å². The van der Waals surface area contributed by atoms with Gasteiger partial charge in [0.25, 0.3) is 0 Å². The van der Waals surface area contributed by atoms with Crippen molar-refractivity contribution in [2.75, 3.05) is 6.61 Å². The van der Waals surface area contributed by atoms with Gasteiger partial charge < -0.3 is 4.74 Å². The van der Waals surface area contributed by atoms with Gasteiger partial charge in [-0.15, -0.1) is 0 Å². The molecular formula is C28H46O. The molecule has 0 saturated heterocycles. The van der Waals surface area contributed by atoms with Gasteiger partial charge in [0.05, 0.1) is 6.61 Å². The number of ether oxygens (including phenoxy) is 1. The Morgan fingerprint density at radius 2 is 1.52 bits per heavy atom. The second kappa shape index (κ2) is 15.6. The molecule has 0 N–H and O–H groups in total. The lowest BCUT2D eigenvalue weighted by atomic mass is 9.79. The Hall–Kier alpha value is -1.24. The number of aryl methyl sites for hydroxylation is 1. The van der Waals surface area contributed by atoms with E-state index in [0.29, 0.717) is 0 Å². The first kappa shape index (κ1) is 24.0. The molecule has 1 aromatic carbocycles. The first-order valence-corrected chi connectivity index (χ1v) is 12.7. The zero-order chi connectivity index (χ0) is 20.6. The molecule has 0 aliphatic heterocycles. The van der Waals surface area contributed by atoms with Crippen LogP contribution < -0.4 is 4.74 Å². The maximum absolute atomic E-state index is 5.87. The number of benzene rings is 1. The summed E-state index contributed by atoms with van der Waals surface area (Å²) >= 11 is 0. The maximum atomic E-state index is 5.87. The number of allylic oxidation sites excluding steroid dienone is 2. The van der Waals surface area contributed by atoms with Crippen LogP contribution in [0.1, 0.15) is 109 Å². The van der Waals surface area contributed by atoms with E-state index in [1.807, 2.05) is 0 Å². The minimum atomic E-state index is 0.838. The molecule has 0 spiro atoms. The highest BCUT2D eigenvalue weighted by atomic mass is 16.5. The van der Waals surface area contributed by atoms with Gasteiger partial charge in [-0.25, -0.2) is 0 Å². The van der Waals surface area contributed by atoms with Crippen molar-refractivity contribution in [1.82, 2.24) is 0 Å². The summed E-state index contributed by atoms with van der Waals surface area (Å²) in [5.41, 5.74) is 1.42. The average molecular weight is 399 g/mol. The lowest BCUT2D eigenvalue weighted by Gasteiger charge is -2.26. The average Bonchev–Trinajstić information content (AvgIpc) is 2.76. The molecule has 29 heavy (non-hydrogen) atoms. The topological polar surface area (TPSA) is 9.23 Å². The molecule has 1 aromatic rings. The Kier molecular flexibility index (Phi) is 12.9. The lowest BCUT2D eigenvalue weighted by Crippen LogP contribution is -2.13. The van der Waals surface area contributed by atoms with Gasteiger partial charge in [0.1, 0.15) is 5.75 Å². The zero-order valence-electron chi connectivity index (χ0n) is 19.3. The fourth-order valence-electron chi connectivity index (χ4n) is 4.54. The van der Waals surface area contributed by atoms with Gasteiger partial charge in [-0.1, -0.05) is 89.5 Å². The summed E-state index contributed by atoms with van der Waals surface area (Å²) in [6.07, 6.45) is 25.1. The molecule has 0 unspecified atom stereocenters. The molecule has 2 rings (SSSR count). The van der Waals surface area contributed by atoms with E-state index in [1.54, 1.807) is 0 Å². The Morgan fingerprint density at radius 1 is 0.828 bits per heavy atom. The van der Waals surface area contributed by atoms with Crippen LogP contribution in [-0.4, -0.2) is 6.61 Å². The van der Waals surface area contributed by atoms with Gasteiger partial charge >= 0.3 is 0 Å². The van der Waals surface area contributed by atoms with Crippen LogP contribution in [0.15, 0.2) is 36.4 Å². The summed E-state index contributed by atoms with van der Waals surface area (Å²) in [6, 6.07) is 8.76. The van der Waals surface area contributed by atoms with Crippen molar-refractivity contribution >= 4 is 0 Å². The second-order valence-corrected chi connectivity index (χ2v) is 9.15. The van der Waals surface area contributed by atoms with E-state index in [9.17, 15) is 0 Å². The monoisotopic (exact) mass is 398 g/mol. The smallest absolute Gasteiger partial charge is 0.119 e. The molecule has 1 saturated carbocycles. The maximum Gasteiger partial charge on any atom is 0.119 e. The molecule has 1 fully saturated rings. The molecule has 1 aliphatic carbocycles. The van der Waals surface area contributed by atoms with E-state index in [4.69, 9.17) is 4.74 Å². The van der Waals surface area contributed by atoms with E-state index in [1.165, 1.54) is 89.0 Å². The summed E-state index contributed by atoms with van der Waals surface area (Å²) in [4.78, 5) is 0. The summed E-state index contributed by atoms with van der Waals surface area (Å²) < 4.78 is 5.87. The lowest BCUT2D eigenvalue weighted by molar-refractivity contribution is 0.289. The quantitative estimate of drug-likeness (QED) is 0.212.